The fourth-order valence-corrected chi connectivity index (χ4v) is 4.52. The fourth-order valence-electron chi connectivity index (χ4n) is 3.87. The molecule has 152 valence electrons. The van der Waals surface area contributed by atoms with Crippen LogP contribution in [0.2, 0.25) is 0 Å². The molecule has 3 aromatic heterocycles. The monoisotopic (exact) mass is 411 g/mol. The zero-order valence-corrected chi connectivity index (χ0v) is 17.8. The van der Waals surface area contributed by atoms with Gasteiger partial charge in [0.25, 0.3) is 5.56 Å². The van der Waals surface area contributed by atoms with Gasteiger partial charge in [-0.3, -0.25) is 14.3 Å². The lowest BCUT2D eigenvalue weighted by Gasteiger charge is -2.35. The van der Waals surface area contributed by atoms with Crippen molar-refractivity contribution < 1.29 is 4.79 Å². The van der Waals surface area contributed by atoms with Crippen molar-refractivity contribution in [1.29, 1.82) is 0 Å². The highest BCUT2D eigenvalue weighted by Gasteiger charge is 2.30. The minimum Gasteiger partial charge on any atom is -0.331 e. The Morgan fingerprint density at radius 3 is 2.83 bits per heavy atom. The van der Waals surface area contributed by atoms with E-state index in [1.54, 1.807) is 16.0 Å². The number of aromatic amines is 1. The van der Waals surface area contributed by atoms with Crippen molar-refractivity contribution in [3.8, 4) is 11.3 Å². The molecule has 1 aliphatic heterocycles. The SMILES string of the molecule is Cc1nn(CC(=O)N2CCCC[C@@H]2c2nc(-c3ccsc3)cc(=O)[nH]2)c(C)c1C. The van der Waals surface area contributed by atoms with Crippen LogP contribution in [0.15, 0.2) is 27.7 Å². The second-order valence-corrected chi connectivity index (χ2v) is 8.36. The van der Waals surface area contributed by atoms with Crippen LogP contribution in [-0.2, 0) is 11.3 Å². The molecule has 8 heteroatoms. The van der Waals surface area contributed by atoms with Crippen LogP contribution < -0.4 is 5.56 Å². The molecular weight excluding hydrogens is 386 g/mol. The average Bonchev–Trinajstić information content (AvgIpc) is 3.33. The van der Waals surface area contributed by atoms with E-state index >= 15 is 0 Å². The van der Waals surface area contributed by atoms with E-state index in [1.165, 1.54) is 6.07 Å². The topological polar surface area (TPSA) is 83.9 Å². The van der Waals surface area contributed by atoms with Gasteiger partial charge in [-0.05, 0) is 57.0 Å². The predicted molar refractivity (Wildman–Crippen MR) is 113 cm³/mol. The Labute approximate surface area is 173 Å². The van der Waals surface area contributed by atoms with Crippen LogP contribution in [0.25, 0.3) is 11.3 Å². The van der Waals surface area contributed by atoms with Crippen molar-refractivity contribution in [1.82, 2.24) is 24.6 Å². The highest BCUT2D eigenvalue weighted by atomic mass is 32.1. The van der Waals surface area contributed by atoms with E-state index < -0.39 is 0 Å². The van der Waals surface area contributed by atoms with Crippen LogP contribution in [0.3, 0.4) is 0 Å². The molecule has 0 aromatic carbocycles. The van der Waals surface area contributed by atoms with Crippen LogP contribution in [0.4, 0.5) is 0 Å². The Hall–Kier alpha value is -2.74. The zero-order valence-electron chi connectivity index (χ0n) is 16.9. The summed E-state index contributed by atoms with van der Waals surface area (Å²) in [5.74, 6) is 0.570. The van der Waals surface area contributed by atoms with Gasteiger partial charge in [-0.25, -0.2) is 4.98 Å². The normalized spacial score (nSPS) is 16.9. The summed E-state index contributed by atoms with van der Waals surface area (Å²) in [6, 6.07) is 3.24. The van der Waals surface area contributed by atoms with E-state index in [9.17, 15) is 9.59 Å². The van der Waals surface area contributed by atoms with Gasteiger partial charge in [0, 0.05) is 29.2 Å². The number of amides is 1. The van der Waals surface area contributed by atoms with Crippen molar-refractivity contribution in [2.75, 3.05) is 6.54 Å². The minimum atomic E-state index is -0.222. The second-order valence-electron chi connectivity index (χ2n) is 7.58. The summed E-state index contributed by atoms with van der Waals surface area (Å²) in [5, 5.41) is 8.44. The molecule has 1 atom stereocenters. The predicted octanol–water partition coefficient (Wildman–Crippen LogP) is 3.37. The standard InChI is InChI=1S/C21H25N5O2S/c1-13-14(2)24-26(15(13)3)11-20(28)25-8-5-4-6-18(25)21-22-17(10-19(27)23-21)16-7-9-29-12-16/h7,9-10,12,18H,4-6,8,11H2,1-3H3,(H,22,23,27)/t18-/m1/s1. The van der Waals surface area contributed by atoms with Gasteiger partial charge in [0.05, 0.1) is 17.4 Å². The molecule has 0 bridgehead atoms. The summed E-state index contributed by atoms with van der Waals surface area (Å²) < 4.78 is 1.77. The fraction of sp³-hybridized carbons (Fsp3) is 0.429. The number of likely N-dealkylation sites (tertiary alicyclic amines) is 1. The minimum absolute atomic E-state index is 0.00360. The Balaban J connectivity index is 1.63. The Kier molecular flexibility index (Phi) is 5.36. The lowest BCUT2D eigenvalue weighted by molar-refractivity contribution is -0.136. The summed E-state index contributed by atoms with van der Waals surface area (Å²) in [7, 11) is 0. The van der Waals surface area contributed by atoms with E-state index in [0.29, 0.717) is 18.1 Å². The number of hydrogen-bond donors (Lipinski definition) is 1. The first-order valence-electron chi connectivity index (χ1n) is 9.88. The summed E-state index contributed by atoms with van der Waals surface area (Å²) in [5.41, 5.74) is 4.45. The molecule has 29 heavy (non-hydrogen) atoms. The van der Waals surface area contributed by atoms with Gasteiger partial charge >= 0.3 is 0 Å². The number of nitrogens with one attached hydrogen (secondary N) is 1. The summed E-state index contributed by atoms with van der Waals surface area (Å²) >= 11 is 1.57. The van der Waals surface area contributed by atoms with Gasteiger partial charge in [0.1, 0.15) is 12.4 Å². The van der Waals surface area contributed by atoms with E-state index in [4.69, 9.17) is 4.98 Å². The number of carbonyl (C=O) groups excluding carboxylic acids is 1. The van der Waals surface area contributed by atoms with Crippen LogP contribution >= 0.6 is 11.3 Å². The summed E-state index contributed by atoms with van der Waals surface area (Å²) in [6.45, 7) is 6.82. The maximum atomic E-state index is 13.2. The Bertz CT molecular complexity index is 1080. The van der Waals surface area contributed by atoms with Crippen molar-refractivity contribution >= 4 is 17.2 Å². The number of thiophene rings is 1. The van der Waals surface area contributed by atoms with Gasteiger partial charge in [-0.15, -0.1) is 0 Å². The number of H-pyrrole nitrogens is 1. The maximum Gasteiger partial charge on any atom is 0.251 e. The van der Waals surface area contributed by atoms with E-state index in [-0.39, 0.29) is 24.1 Å². The maximum absolute atomic E-state index is 13.2. The van der Waals surface area contributed by atoms with E-state index in [0.717, 1.165) is 41.8 Å². The first-order valence-corrected chi connectivity index (χ1v) is 10.8. The second kappa shape index (κ2) is 7.94. The smallest absolute Gasteiger partial charge is 0.251 e. The Morgan fingerprint density at radius 1 is 1.31 bits per heavy atom. The third-order valence-electron chi connectivity index (χ3n) is 5.74. The molecule has 0 radical (unpaired) electrons. The number of aromatic nitrogens is 4. The molecule has 7 nitrogen and oxygen atoms in total. The van der Waals surface area contributed by atoms with Crippen LogP contribution in [0.1, 0.15) is 48.1 Å². The average molecular weight is 412 g/mol. The van der Waals surface area contributed by atoms with Gasteiger partial charge in [-0.2, -0.15) is 16.4 Å². The molecule has 0 saturated carbocycles. The molecule has 1 fully saturated rings. The lowest BCUT2D eigenvalue weighted by Crippen LogP contribution is -2.41. The van der Waals surface area contributed by atoms with Crippen molar-refractivity contribution in [3.05, 3.63) is 56.0 Å². The molecular formula is C21H25N5O2S. The molecule has 1 saturated heterocycles. The third kappa shape index (κ3) is 3.89. The van der Waals surface area contributed by atoms with Crippen LogP contribution in [0, 0.1) is 20.8 Å². The molecule has 1 aliphatic rings. The van der Waals surface area contributed by atoms with Crippen LogP contribution in [-0.4, -0.2) is 37.1 Å². The number of aryl methyl sites for hydroxylation is 1. The van der Waals surface area contributed by atoms with Crippen LogP contribution in [0.5, 0.6) is 0 Å². The number of hydrogen-bond acceptors (Lipinski definition) is 5. The number of rotatable bonds is 4. The highest BCUT2D eigenvalue weighted by Crippen LogP contribution is 2.30. The first kappa shape index (κ1) is 19.6. The quantitative estimate of drug-likeness (QED) is 0.713. The molecule has 4 heterocycles. The lowest BCUT2D eigenvalue weighted by atomic mass is 10.0. The van der Waals surface area contributed by atoms with Gasteiger partial charge < -0.3 is 9.88 Å². The van der Waals surface area contributed by atoms with Gasteiger partial charge in [0.15, 0.2) is 0 Å². The summed E-state index contributed by atoms with van der Waals surface area (Å²) in [4.78, 5) is 34.9. The molecule has 3 aromatic rings. The van der Waals surface area contributed by atoms with Gasteiger partial charge in [-0.1, -0.05) is 0 Å². The molecule has 0 spiro atoms. The number of piperidine rings is 1. The third-order valence-corrected chi connectivity index (χ3v) is 6.43. The van der Waals surface area contributed by atoms with E-state index in [2.05, 4.69) is 10.1 Å². The molecule has 0 aliphatic carbocycles. The first-order chi connectivity index (χ1) is 13.9. The van der Waals surface area contributed by atoms with Crippen molar-refractivity contribution in [3.63, 3.8) is 0 Å². The number of nitrogens with zero attached hydrogens (tertiary/aromatic N) is 4. The largest absolute Gasteiger partial charge is 0.331 e. The molecule has 4 rings (SSSR count). The van der Waals surface area contributed by atoms with Crippen molar-refractivity contribution in [2.45, 2.75) is 52.6 Å². The molecule has 1 amide bonds. The van der Waals surface area contributed by atoms with E-state index in [1.807, 2.05) is 42.5 Å². The zero-order chi connectivity index (χ0) is 20.5. The van der Waals surface area contributed by atoms with Gasteiger partial charge in [0.2, 0.25) is 5.91 Å². The Morgan fingerprint density at radius 2 is 2.14 bits per heavy atom. The number of carbonyl (C=O) groups is 1. The highest BCUT2D eigenvalue weighted by molar-refractivity contribution is 7.08. The van der Waals surface area contributed by atoms with Crippen molar-refractivity contribution in [2.24, 2.45) is 0 Å². The summed E-state index contributed by atoms with van der Waals surface area (Å²) in [6.07, 6.45) is 2.74. The molecule has 0 unspecified atom stereocenters. The molecule has 1 N–H and O–H groups in total.